The lowest BCUT2D eigenvalue weighted by molar-refractivity contribution is -0.137. The number of aliphatic hydroxyl groups excluding tert-OH is 1. The first-order valence-electron chi connectivity index (χ1n) is 9.45. The van der Waals surface area contributed by atoms with E-state index in [4.69, 9.17) is 0 Å². The maximum atomic E-state index is 12.2. The maximum absolute atomic E-state index is 12.2. The minimum atomic E-state index is -3.44. The van der Waals surface area contributed by atoms with Crippen LogP contribution in [-0.2, 0) is 27.6 Å². The van der Waals surface area contributed by atoms with Gasteiger partial charge in [-0.2, -0.15) is 0 Å². The number of hydrogen-bond donors (Lipinski definition) is 2. The van der Waals surface area contributed by atoms with E-state index < -0.39 is 21.9 Å². The molecular formula is C21H27NO5S. The Hall–Kier alpha value is -2.12. The number of sulfone groups is 1. The Morgan fingerprint density at radius 3 is 2.61 bits per heavy atom. The third kappa shape index (κ3) is 3.61. The molecule has 1 heterocycles. The molecule has 28 heavy (non-hydrogen) atoms. The Morgan fingerprint density at radius 2 is 2.07 bits per heavy atom. The van der Waals surface area contributed by atoms with E-state index in [1.54, 1.807) is 19.1 Å². The second-order valence-electron chi connectivity index (χ2n) is 7.78. The summed E-state index contributed by atoms with van der Waals surface area (Å²) >= 11 is 0. The second-order valence-corrected chi connectivity index (χ2v) is 9.79. The van der Waals surface area contributed by atoms with Gasteiger partial charge in [0.1, 0.15) is 0 Å². The van der Waals surface area contributed by atoms with Crippen molar-refractivity contribution in [3.05, 3.63) is 40.6 Å². The zero-order valence-electron chi connectivity index (χ0n) is 16.7. The number of aryl methyl sites for hydroxylation is 1. The van der Waals surface area contributed by atoms with Gasteiger partial charge in [-0.15, -0.1) is 0 Å². The second kappa shape index (κ2) is 7.37. The molecule has 1 aliphatic rings. The molecule has 1 aromatic heterocycles. The summed E-state index contributed by atoms with van der Waals surface area (Å²) in [5, 5.41) is 20.6. The molecule has 0 amide bonds. The van der Waals surface area contributed by atoms with Gasteiger partial charge < -0.3 is 14.8 Å². The summed E-state index contributed by atoms with van der Waals surface area (Å²) in [4.78, 5) is 11.6. The molecule has 0 spiro atoms. The average Bonchev–Trinajstić information content (AvgIpc) is 3.12. The third-order valence-corrected chi connectivity index (χ3v) is 6.73. The lowest BCUT2D eigenvalue weighted by Crippen LogP contribution is -2.12. The fraction of sp³-hybridized carbons (Fsp3) is 0.476. The van der Waals surface area contributed by atoms with Crippen LogP contribution in [0.15, 0.2) is 28.7 Å². The number of aliphatic hydroxyl groups is 1. The average molecular weight is 406 g/mol. The zero-order chi connectivity index (χ0) is 20.8. The van der Waals surface area contributed by atoms with Crippen molar-refractivity contribution >= 4 is 26.7 Å². The minimum Gasteiger partial charge on any atom is -0.481 e. The number of nitrogens with zero attached hydrogens (tertiary/aromatic N) is 1. The van der Waals surface area contributed by atoms with E-state index in [0.717, 1.165) is 40.4 Å². The van der Waals surface area contributed by atoms with Crippen molar-refractivity contribution < 1.29 is 23.4 Å². The summed E-state index contributed by atoms with van der Waals surface area (Å²) in [6.07, 6.45) is 3.80. The van der Waals surface area contributed by atoms with E-state index in [-0.39, 0.29) is 17.2 Å². The Labute approximate surface area is 165 Å². The Balaban J connectivity index is 2.40. The highest BCUT2D eigenvalue weighted by molar-refractivity contribution is 7.90. The summed E-state index contributed by atoms with van der Waals surface area (Å²) in [5.74, 6) is -0.960. The number of benzene rings is 1. The predicted octanol–water partition coefficient (Wildman–Crippen LogP) is 3.57. The molecule has 1 aliphatic carbocycles. The van der Waals surface area contributed by atoms with Crippen molar-refractivity contribution in [2.24, 2.45) is 0 Å². The van der Waals surface area contributed by atoms with Crippen LogP contribution in [0.25, 0.3) is 10.9 Å². The summed E-state index contributed by atoms with van der Waals surface area (Å²) in [6.45, 7) is 6.16. The van der Waals surface area contributed by atoms with Crippen LogP contribution >= 0.6 is 0 Å². The van der Waals surface area contributed by atoms with Crippen molar-refractivity contribution in [3.8, 4) is 0 Å². The topological polar surface area (TPSA) is 96.6 Å². The molecule has 152 valence electrons. The quantitative estimate of drug-likeness (QED) is 0.716. The van der Waals surface area contributed by atoms with Gasteiger partial charge in [-0.05, 0) is 51.3 Å². The van der Waals surface area contributed by atoms with Crippen LogP contribution in [0.2, 0.25) is 0 Å². The number of aromatic nitrogens is 1. The van der Waals surface area contributed by atoms with Crippen LogP contribution in [0.3, 0.4) is 0 Å². The highest BCUT2D eigenvalue weighted by Crippen LogP contribution is 2.44. The van der Waals surface area contributed by atoms with Gasteiger partial charge in [0.2, 0.25) is 0 Å². The number of hydrogen-bond acceptors (Lipinski definition) is 4. The van der Waals surface area contributed by atoms with E-state index in [2.05, 4.69) is 4.57 Å². The molecule has 0 aliphatic heterocycles. The zero-order valence-corrected chi connectivity index (χ0v) is 17.5. The minimum absolute atomic E-state index is 0.0428. The largest absolute Gasteiger partial charge is 0.481 e. The van der Waals surface area contributed by atoms with Crippen molar-refractivity contribution in [1.29, 1.82) is 0 Å². The first-order chi connectivity index (χ1) is 13.0. The van der Waals surface area contributed by atoms with Crippen molar-refractivity contribution in [2.75, 3.05) is 6.26 Å². The number of allylic oxidation sites excluding steroid dienone is 2. The molecule has 6 nitrogen and oxygen atoms in total. The molecule has 2 atom stereocenters. The van der Waals surface area contributed by atoms with E-state index in [1.165, 1.54) is 0 Å². The Morgan fingerprint density at radius 1 is 1.39 bits per heavy atom. The summed E-state index contributed by atoms with van der Waals surface area (Å²) in [6, 6.07) is 3.23. The highest BCUT2D eigenvalue weighted by Gasteiger charge is 2.33. The van der Waals surface area contributed by atoms with Gasteiger partial charge in [0.15, 0.2) is 9.84 Å². The van der Waals surface area contributed by atoms with Crippen molar-refractivity contribution in [3.63, 3.8) is 0 Å². The smallest absolute Gasteiger partial charge is 0.304 e. The van der Waals surface area contributed by atoms with Gasteiger partial charge in [0.25, 0.3) is 0 Å². The van der Waals surface area contributed by atoms with E-state index in [9.17, 15) is 23.4 Å². The number of fused-ring (bicyclic) bond motifs is 3. The molecule has 1 unspecified atom stereocenters. The molecule has 0 fully saturated rings. The molecule has 0 saturated heterocycles. The third-order valence-electron chi connectivity index (χ3n) is 5.64. The van der Waals surface area contributed by atoms with Gasteiger partial charge in [0.05, 0.1) is 22.9 Å². The van der Waals surface area contributed by atoms with Gasteiger partial charge >= 0.3 is 5.97 Å². The van der Waals surface area contributed by atoms with Crippen molar-refractivity contribution in [2.45, 2.75) is 63.5 Å². The van der Waals surface area contributed by atoms with Crippen molar-refractivity contribution in [1.82, 2.24) is 4.57 Å². The fourth-order valence-corrected chi connectivity index (χ4v) is 4.89. The van der Waals surface area contributed by atoms with Crippen LogP contribution in [0.5, 0.6) is 0 Å². The molecule has 2 N–H and O–H groups in total. The van der Waals surface area contributed by atoms with Gasteiger partial charge in [-0.25, -0.2) is 8.42 Å². The van der Waals surface area contributed by atoms with E-state index >= 15 is 0 Å². The Kier molecular flexibility index (Phi) is 5.42. The van der Waals surface area contributed by atoms with Crippen LogP contribution in [0, 0.1) is 0 Å². The van der Waals surface area contributed by atoms with Crippen LogP contribution in [0.4, 0.5) is 0 Å². The van der Waals surface area contributed by atoms with Gasteiger partial charge in [-0.1, -0.05) is 11.6 Å². The first-order valence-corrected chi connectivity index (χ1v) is 11.3. The molecule has 2 aromatic rings. The molecular weight excluding hydrogens is 378 g/mol. The monoisotopic (exact) mass is 405 g/mol. The number of aliphatic carboxylic acids is 1. The highest BCUT2D eigenvalue weighted by atomic mass is 32.2. The van der Waals surface area contributed by atoms with Crippen LogP contribution in [0.1, 0.15) is 62.5 Å². The lowest BCUT2D eigenvalue weighted by atomic mass is 10.0. The maximum Gasteiger partial charge on any atom is 0.304 e. The number of carboxylic acids is 1. The number of carboxylic acid groups (broad SMARTS) is 1. The molecule has 3 rings (SSSR count). The molecule has 7 heteroatoms. The fourth-order valence-electron chi connectivity index (χ4n) is 4.21. The SMILES string of the molecule is C/C=C(\C)Cn1c2c(c3cc(S(C)(=O)=O)cc(C(C)O)c31)CC[C@@H]2CC(=O)O. The number of carbonyl (C=O) groups is 1. The predicted molar refractivity (Wildman–Crippen MR) is 108 cm³/mol. The molecule has 0 radical (unpaired) electrons. The number of rotatable bonds is 6. The Bertz CT molecular complexity index is 1080. The van der Waals surface area contributed by atoms with Crippen LogP contribution < -0.4 is 0 Å². The van der Waals surface area contributed by atoms with Gasteiger partial charge in [-0.3, -0.25) is 4.79 Å². The summed E-state index contributed by atoms with van der Waals surface area (Å²) in [5.41, 5.74) is 4.46. The lowest BCUT2D eigenvalue weighted by Gasteiger charge is -2.18. The van der Waals surface area contributed by atoms with Crippen LogP contribution in [-0.4, -0.2) is 35.4 Å². The summed E-state index contributed by atoms with van der Waals surface area (Å²) < 4.78 is 26.5. The van der Waals surface area contributed by atoms with Gasteiger partial charge in [0, 0.05) is 35.4 Å². The molecule has 0 bridgehead atoms. The molecule has 0 saturated carbocycles. The first kappa shape index (κ1) is 20.6. The molecule has 1 aromatic carbocycles. The standard InChI is InChI=1S/C21H27NO5S/c1-5-12(2)11-22-20-14(8-19(24)25)6-7-16(20)18-10-15(28(4,26)27)9-17(13(3)23)21(18)22/h5,9-10,13-14,23H,6-8,11H2,1-4H3,(H,24,25)/b12-5+/t13?,14-/m1/s1. The summed E-state index contributed by atoms with van der Waals surface area (Å²) in [7, 11) is -3.44. The van der Waals surface area contributed by atoms with E-state index in [1.807, 2.05) is 19.9 Å². The normalized spacial score (nSPS) is 18.5. The van der Waals surface area contributed by atoms with E-state index in [0.29, 0.717) is 18.5 Å².